The molecule has 4 rings (SSSR count). The molecule has 9 nitrogen and oxygen atoms in total. The van der Waals surface area contributed by atoms with E-state index in [0.29, 0.717) is 28.3 Å². The van der Waals surface area contributed by atoms with Crippen LogP contribution in [-0.4, -0.2) is 39.9 Å². The molecule has 0 spiro atoms. The van der Waals surface area contributed by atoms with E-state index in [-0.39, 0.29) is 28.4 Å². The zero-order valence-corrected chi connectivity index (χ0v) is 19.5. The maximum atomic E-state index is 12.8. The van der Waals surface area contributed by atoms with Gasteiger partial charge in [-0.2, -0.15) is 0 Å². The molecular formula is C25H21N5O4S. The molecule has 0 atom stereocenters. The Morgan fingerprint density at radius 1 is 0.943 bits per heavy atom. The van der Waals surface area contributed by atoms with Crippen LogP contribution in [0.3, 0.4) is 0 Å². The Hall–Kier alpha value is -4.44. The quantitative estimate of drug-likeness (QED) is 0.323. The molecule has 0 unspecified atom stereocenters. The summed E-state index contributed by atoms with van der Waals surface area (Å²) in [5.74, 6) is 0.0623. The number of nitrogens with zero attached hydrogens (tertiary/aromatic N) is 2. The number of H-pyrrole nitrogens is 1. The van der Waals surface area contributed by atoms with Crippen molar-refractivity contribution in [3.8, 4) is 17.0 Å². The second-order valence-electron chi connectivity index (χ2n) is 7.24. The SMILES string of the molecule is COc1cccc(NC(=O)CSc2nnc(-c3ccccc3NC(=O)c3ccccc3)c(=O)[nH]2)c1. The second-order valence-corrected chi connectivity index (χ2v) is 8.21. The highest BCUT2D eigenvalue weighted by Crippen LogP contribution is 2.25. The lowest BCUT2D eigenvalue weighted by molar-refractivity contribution is -0.113. The van der Waals surface area contributed by atoms with E-state index in [1.54, 1.807) is 79.9 Å². The monoisotopic (exact) mass is 487 g/mol. The summed E-state index contributed by atoms with van der Waals surface area (Å²) in [4.78, 5) is 40.2. The fraction of sp³-hybridized carbons (Fsp3) is 0.0800. The Morgan fingerprint density at radius 2 is 1.71 bits per heavy atom. The fourth-order valence-corrected chi connectivity index (χ4v) is 3.78. The van der Waals surface area contributed by atoms with E-state index in [0.717, 1.165) is 11.8 Å². The third-order valence-electron chi connectivity index (χ3n) is 4.84. The molecule has 0 radical (unpaired) electrons. The van der Waals surface area contributed by atoms with Crippen molar-refractivity contribution in [2.24, 2.45) is 0 Å². The predicted octanol–water partition coefficient (Wildman–Crippen LogP) is 3.82. The Balaban J connectivity index is 1.44. The van der Waals surface area contributed by atoms with Gasteiger partial charge in [0.25, 0.3) is 11.5 Å². The third-order valence-corrected chi connectivity index (χ3v) is 5.70. The van der Waals surface area contributed by atoms with Gasteiger partial charge in [0.1, 0.15) is 5.75 Å². The van der Waals surface area contributed by atoms with Gasteiger partial charge in [-0.3, -0.25) is 19.4 Å². The number of aromatic nitrogens is 3. The smallest absolute Gasteiger partial charge is 0.278 e. The minimum atomic E-state index is -0.489. The first-order chi connectivity index (χ1) is 17.0. The Kier molecular flexibility index (Phi) is 7.53. The van der Waals surface area contributed by atoms with Gasteiger partial charge in [0.2, 0.25) is 5.91 Å². The van der Waals surface area contributed by atoms with Crippen LogP contribution in [0.25, 0.3) is 11.3 Å². The van der Waals surface area contributed by atoms with Gasteiger partial charge in [-0.15, -0.1) is 10.2 Å². The van der Waals surface area contributed by atoms with Crippen molar-refractivity contribution in [2.75, 3.05) is 23.5 Å². The van der Waals surface area contributed by atoms with E-state index in [1.165, 1.54) is 0 Å². The molecular weight excluding hydrogens is 466 g/mol. The molecule has 0 saturated heterocycles. The molecule has 0 fully saturated rings. The van der Waals surface area contributed by atoms with Gasteiger partial charge in [-0.1, -0.05) is 54.2 Å². The molecule has 3 N–H and O–H groups in total. The zero-order chi connectivity index (χ0) is 24.6. The fourth-order valence-electron chi connectivity index (χ4n) is 3.18. The van der Waals surface area contributed by atoms with Crippen molar-refractivity contribution in [1.29, 1.82) is 0 Å². The number of methoxy groups -OCH3 is 1. The van der Waals surface area contributed by atoms with Crippen molar-refractivity contribution >= 4 is 35.0 Å². The highest BCUT2D eigenvalue weighted by atomic mass is 32.2. The van der Waals surface area contributed by atoms with Gasteiger partial charge < -0.3 is 15.4 Å². The summed E-state index contributed by atoms with van der Waals surface area (Å²) in [5.41, 5.74) is 1.51. The number of aromatic amines is 1. The maximum Gasteiger partial charge on any atom is 0.278 e. The number of carbonyl (C=O) groups is 2. The number of carbonyl (C=O) groups excluding carboxylic acids is 2. The number of thioether (sulfide) groups is 1. The lowest BCUT2D eigenvalue weighted by atomic mass is 10.1. The minimum absolute atomic E-state index is 0.0187. The molecule has 0 aliphatic carbocycles. The van der Waals surface area contributed by atoms with Crippen LogP contribution < -0.4 is 20.9 Å². The number of para-hydroxylation sites is 1. The summed E-state index contributed by atoms with van der Waals surface area (Å²) in [6, 6.07) is 22.6. The molecule has 0 bridgehead atoms. The van der Waals surface area contributed by atoms with Crippen molar-refractivity contribution in [1.82, 2.24) is 15.2 Å². The number of anilines is 2. The topological polar surface area (TPSA) is 126 Å². The van der Waals surface area contributed by atoms with E-state index in [9.17, 15) is 14.4 Å². The van der Waals surface area contributed by atoms with Crippen molar-refractivity contribution in [3.63, 3.8) is 0 Å². The van der Waals surface area contributed by atoms with Crippen LogP contribution in [0.1, 0.15) is 10.4 Å². The van der Waals surface area contributed by atoms with E-state index < -0.39 is 5.56 Å². The second kappa shape index (κ2) is 11.1. The van der Waals surface area contributed by atoms with Crippen LogP contribution in [0.4, 0.5) is 11.4 Å². The van der Waals surface area contributed by atoms with Crippen LogP contribution in [0, 0.1) is 0 Å². The van der Waals surface area contributed by atoms with E-state index in [4.69, 9.17) is 4.74 Å². The highest BCUT2D eigenvalue weighted by molar-refractivity contribution is 7.99. The molecule has 1 heterocycles. The highest BCUT2D eigenvalue weighted by Gasteiger charge is 2.15. The van der Waals surface area contributed by atoms with Gasteiger partial charge in [0, 0.05) is 22.9 Å². The number of amides is 2. The maximum absolute atomic E-state index is 12.8. The van der Waals surface area contributed by atoms with Crippen LogP contribution in [0.5, 0.6) is 5.75 Å². The van der Waals surface area contributed by atoms with Crippen molar-refractivity contribution in [3.05, 3.63) is 94.8 Å². The number of ether oxygens (including phenoxy) is 1. The van der Waals surface area contributed by atoms with Crippen LogP contribution in [0.15, 0.2) is 88.8 Å². The van der Waals surface area contributed by atoms with E-state index in [2.05, 4.69) is 25.8 Å². The van der Waals surface area contributed by atoms with Crippen LogP contribution >= 0.6 is 11.8 Å². The summed E-state index contributed by atoms with van der Waals surface area (Å²) in [7, 11) is 1.55. The van der Waals surface area contributed by atoms with Gasteiger partial charge in [-0.25, -0.2) is 0 Å². The van der Waals surface area contributed by atoms with Gasteiger partial charge in [0.15, 0.2) is 10.9 Å². The molecule has 176 valence electrons. The van der Waals surface area contributed by atoms with E-state index in [1.807, 2.05) is 6.07 Å². The molecule has 10 heteroatoms. The van der Waals surface area contributed by atoms with Crippen molar-refractivity contribution in [2.45, 2.75) is 5.16 Å². The number of hydrogen-bond donors (Lipinski definition) is 3. The molecule has 4 aromatic rings. The average molecular weight is 488 g/mol. The van der Waals surface area contributed by atoms with Crippen LogP contribution in [0.2, 0.25) is 0 Å². The summed E-state index contributed by atoms with van der Waals surface area (Å²) >= 11 is 1.05. The summed E-state index contributed by atoms with van der Waals surface area (Å²) in [6.45, 7) is 0. The number of nitrogens with one attached hydrogen (secondary N) is 3. The molecule has 0 aliphatic rings. The largest absolute Gasteiger partial charge is 0.497 e. The third kappa shape index (κ3) is 6.12. The molecule has 2 amide bonds. The molecule has 1 aromatic heterocycles. The first-order valence-electron chi connectivity index (χ1n) is 10.5. The number of rotatable bonds is 8. The first kappa shape index (κ1) is 23.7. The van der Waals surface area contributed by atoms with Gasteiger partial charge in [-0.05, 0) is 30.3 Å². The molecule has 0 aliphatic heterocycles. The normalized spacial score (nSPS) is 10.4. The molecule has 0 saturated carbocycles. The Bertz CT molecular complexity index is 1410. The number of benzene rings is 3. The Morgan fingerprint density at radius 3 is 2.49 bits per heavy atom. The van der Waals surface area contributed by atoms with E-state index >= 15 is 0 Å². The zero-order valence-electron chi connectivity index (χ0n) is 18.6. The van der Waals surface area contributed by atoms with Crippen molar-refractivity contribution < 1.29 is 14.3 Å². The molecule has 3 aromatic carbocycles. The van der Waals surface area contributed by atoms with Crippen LogP contribution in [-0.2, 0) is 4.79 Å². The summed E-state index contributed by atoms with van der Waals surface area (Å²) in [5, 5.41) is 13.9. The predicted molar refractivity (Wildman–Crippen MR) is 135 cm³/mol. The standard InChI is InChI=1S/C25H21N5O4S/c1-34-18-11-7-10-17(14-18)26-21(31)15-35-25-28-24(33)22(29-30-25)19-12-5-6-13-20(19)27-23(32)16-8-3-2-4-9-16/h2-14H,15H2,1H3,(H,26,31)(H,27,32)(H,28,30,33). The minimum Gasteiger partial charge on any atom is -0.497 e. The summed E-state index contributed by atoms with van der Waals surface area (Å²) < 4.78 is 5.14. The lowest BCUT2D eigenvalue weighted by Gasteiger charge is -2.10. The van der Waals surface area contributed by atoms with Gasteiger partial charge >= 0.3 is 0 Å². The Labute approximate surface area is 205 Å². The van der Waals surface area contributed by atoms with Gasteiger partial charge in [0.05, 0.1) is 18.6 Å². The molecule has 35 heavy (non-hydrogen) atoms. The summed E-state index contributed by atoms with van der Waals surface area (Å²) in [6.07, 6.45) is 0. The lowest BCUT2D eigenvalue weighted by Crippen LogP contribution is -2.18. The average Bonchev–Trinajstić information content (AvgIpc) is 2.88. The first-order valence-corrected chi connectivity index (χ1v) is 11.5. The number of hydrogen-bond acceptors (Lipinski definition) is 7.